The van der Waals surface area contributed by atoms with Gasteiger partial charge < -0.3 is 13.9 Å². The molecule has 0 bridgehead atoms. The molecule has 8 heteroatoms. The van der Waals surface area contributed by atoms with Crippen molar-refractivity contribution in [3.8, 4) is 22.6 Å². The molecule has 4 aromatic rings. The molecule has 34 heavy (non-hydrogen) atoms. The molecule has 3 aromatic carbocycles. The first-order chi connectivity index (χ1) is 16.4. The molecule has 1 N–H and O–H groups in total. The minimum Gasteiger partial charge on any atom is -0.497 e. The third kappa shape index (κ3) is 4.13. The number of methoxy groups -OCH3 is 1. The molecule has 0 fully saturated rings. The summed E-state index contributed by atoms with van der Waals surface area (Å²) >= 11 is 0. The first kappa shape index (κ1) is 22.1. The number of fused-ring (bicyclic) bond motifs is 2. The second kappa shape index (κ2) is 8.55. The number of hydrogen-bond donors (Lipinski definition) is 1. The van der Waals surface area contributed by atoms with Gasteiger partial charge in [-0.15, -0.1) is 0 Å². The highest BCUT2D eigenvalue weighted by atomic mass is 32.2. The molecule has 1 aliphatic heterocycles. The number of ether oxygens (including phenoxy) is 2. The number of benzene rings is 3. The molecule has 0 amide bonds. The molecule has 5 rings (SSSR count). The van der Waals surface area contributed by atoms with Crippen LogP contribution in [0.25, 0.3) is 28.2 Å². The predicted octanol–water partition coefficient (Wildman–Crippen LogP) is 5.71. The van der Waals surface area contributed by atoms with Gasteiger partial charge in [0, 0.05) is 17.0 Å². The molecule has 1 aromatic heterocycles. The van der Waals surface area contributed by atoms with Gasteiger partial charge in [0.25, 0.3) is 10.1 Å². The maximum Gasteiger partial charge on any atom is 0.283 e. The van der Waals surface area contributed by atoms with E-state index < -0.39 is 16.0 Å². The zero-order chi connectivity index (χ0) is 23.9. The van der Waals surface area contributed by atoms with Crippen molar-refractivity contribution in [3.63, 3.8) is 0 Å². The Kier molecular flexibility index (Phi) is 5.55. The van der Waals surface area contributed by atoms with E-state index in [2.05, 4.69) is 0 Å². The Bertz CT molecular complexity index is 1510. The molecule has 0 aliphatic carbocycles. The zero-order valence-corrected chi connectivity index (χ0v) is 19.5. The van der Waals surface area contributed by atoms with Crippen LogP contribution < -0.4 is 14.4 Å². The van der Waals surface area contributed by atoms with E-state index in [1.165, 1.54) is 4.90 Å². The Labute approximate surface area is 197 Å². The highest BCUT2D eigenvalue weighted by molar-refractivity contribution is 7.85. The minimum absolute atomic E-state index is 0.249. The van der Waals surface area contributed by atoms with E-state index in [1.54, 1.807) is 19.3 Å². The van der Waals surface area contributed by atoms with Crippen LogP contribution in [0.5, 0.6) is 11.5 Å². The standard InChI is InChI=1S/C26H23NO6S/c1-3-20-21-14-19(31-2)10-12-23(21)32-25(20)15-26-27(16-34(28,29)30)22-13-18(9-11-24(22)33-26)17-7-5-4-6-8-17/h4-15H,3,16H2,1-2H3,(H,28,29,30). The van der Waals surface area contributed by atoms with Crippen LogP contribution in [0.1, 0.15) is 18.2 Å². The van der Waals surface area contributed by atoms with Gasteiger partial charge in [0.2, 0.25) is 5.88 Å². The number of anilines is 1. The summed E-state index contributed by atoms with van der Waals surface area (Å²) < 4.78 is 50.9. The average Bonchev–Trinajstić information content (AvgIpc) is 3.34. The second-order valence-electron chi connectivity index (χ2n) is 7.93. The number of nitrogens with zero attached hydrogens (tertiary/aromatic N) is 1. The fourth-order valence-electron chi connectivity index (χ4n) is 4.18. The molecular weight excluding hydrogens is 454 g/mol. The van der Waals surface area contributed by atoms with Crippen molar-refractivity contribution >= 4 is 32.9 Å². The number of rotatable bonds is 6. The topological polar surface area (TPSA) is 89.2 Å². The van der Waals surface area contributed by atoms with Crippen LogP contribution >= 0.6 is 0 Å². The number of aryl methyl sites for hydroxylation is 1. The Morgan fingerprint density at radius 1 is 1.03 bits per heavy atom. The second-order valence-corrected chi connectivity index (χ2v) is 9.35. The van der Waals surface area contributed by atoms with Gasteiger partial charge in [-0.1, -0.05) is 43.3 Å². The molecule has 7 nitrogen and oxygen atoms in total. The third-order valence-electron chi connectivity index (χ3n) is 5.77. The minimum atomic E-state index is -4.34. The van der Waals surface area contributed by atoms with Crippen LogP contribution in [-0.2, 0) is 16.5 Å². The fourth-order valence-corrected chi connectivity index (χ4v) is 4.77. The lowest BCUT2D eigenvalue weighted by Gasteiger charge is -2.16. The van der Waals surface area contributed by atoms with Crippen molar-refractivity contribution in [1.82, 2.24) is 0 Å². The van der Waals surface area contributed by atoms with Crippen molar-refractivity contribution in [3.05, 3.63) is 83.9 Å². The third-order valence-corrected chi connectivity index (χ3v) is 6.35. The summed E-state index contributed by atoms with van der Waals surface area (Å²) in [5.74, 6) is 1.36. The normalized spacial score (nSPS) is 14.4. The lowest BCUT2D eigenvalue weighted by Crippen LogP contribution is -2.27. The van der Waals surface area contributed by atoms with E-state index in [4.69, 9.17) is 13.9 Å². The highest BCUT2D eigenvalue weighted by Gasteiger charge is 2.31. The van der Waals surface area contributed by atoms with Crippen LogP contribution in [0.15, 0.2) is 77.0 Å². The van der Waals surface area contributed by atoms with Gasteiger partial charge in [0.1, 0.15) is 17.1 Å². The van der Waals surface area contributed by atoms with Crippen molar-refractivity contribution < 1.29 is 26.9 Å². The van der Waals surface area contributed by atoms with Gasteiger partial charge in [-0.25, -0.2) is 0 Å². The quantitative estimate of drug-likeness (QED) is 0.356. The molecular formula is C26H23NO6S. The van der Waals surface area contributed by atoms with E-state index in [0.717, 1.165) is 22.1 Å². The Morgan fingerprint density at radius 3 is 2.53 bits per heavy atom. The van der Waals surface area contributed by atoms with Crippen LogP contribution in [0, 0.1) is 0 Å². The summed E-state index contributed by atoms with van der Waals surface area (Å²) in [7, 11) is -2.74. The smallest absolute Gasteiger partial charge is 0.283 e. The maximum atomic E-state index is 11.9. The molecule has 0 radical (unpaired) electrons. The summed E-state index contributed by atoms with van der Waals surface area (Å²) in [6, 6.07) is 20.9. The van der Waals surface area contributed by atoms with Crippen LogP contribution in [0.2, 0.25) is 0 Å². The van der Waals surface area contributed by atoms with Gasteiger partial charge >= 0.3 is 0 Å². The molecule has 0 unspecified atom stereocenters. The van der Waals surface area contributed by atoms with Crippen molar-refractivity contribution in [2.45, 2.75) is 13.3 Å². The zero-order valence-electron chi connectivity index (χ0n) is 18.7. The van der Waals surface area contributed by atoms with Gasteiger partial charge in [0.05, 0.1) is 12.8 Å². The molecule has 0 atom stereocenters. The first-order valence-electron chi connectivity index (χ1n) is 10.8. The summed E-state index contributed by atoms with van der Waals surface area (Å²) in [5, 5.41) is 0.914. The molecule has 0 spiro atoms. The van der Waals surface area contributed by atoms with Gasteiger partial charge in [-0.3, -0.25) is 9.45 Å². The maximum absolute atomic E-state index is 11.9. The van der Waals surface area contributed by atoms with Crippen LogP contribution in [-0.4, -0.2) is 26.0 Å². The van der Waals surface area contributed by atoms with E-state index in [9.17, 15) is 13.0 Å². The van der Waals surface area contributed by atoms with Gasteiger partial charge in [-0.05, 0) is 47.9 Å². The van der Waals surface area contributed by atoms with Crippen LogP contribution in [0.4, 0.5) is 5.69 Å². The van der Waals surface area contributed by atoms with E-state index >= 15 is 0 Å². The molecule has 0 saturated carbocycles. The largest absolute Gasteiger partial charge is 0.497 e. The van der Waals surface area contributed by atoms with E-state index in [0.29, 0.717) is 35.0 Å². The lowest BCUT2D eigenvalue weighted by molar-refractivity contribution is 0.415. The molecule has 0 saturated heterocycles. The molecule has 2 heterocycles. The summed E-state index contributed by atoms with van der Waals surface area (Å²) in [6.07, 6.45) is 2.35. The van der Waals surface area contributed by atoms with Gasteiger partial charge in [0.15, 0.2) is 11.6 Å². The Hall–Kier alpha value is -3.75. The van der Waals surface area contributed by atoms with Gasteiger partial charge in [-0.2, -0.15) is 8.42 Å². The van der Waals surface area contributed by atoms with Crippen LogP contribution in [0.3, 0.4) is 0 Å². The average molecular weight is 478 g/mol. The Balaban J connectivity index is 1.62. The fraction of sp³-hybridized carbons (Fsp3) is 0.154. The van der Waals surface area contributed by atoms with Crippen molar-refractivity contribution in [2.24, 2.45) is 0 Å². The first-order valence-corrected chi connectivity index (χ1v) is 12.4. The highest BCUT2D eigenvalue weighted by Crippen LogP contribution is 2.43. The predicted molar refractivity (Wildman–Crippen MR) is 132 cm³/mol. The number of hydrogen-bond acceptors (Lipinski definition) is 6. The summed E-state index contributed by atoms with van der Waals surface area (Å²) in [4.78, 5) is 1.43. The Morgan fingerprint density at radius 2 is 1.82 bits per heavy atom. The summed E-state index contributed by atoms with van der Waals surface area (Å²) in [6.45, 7) is 2.01. The van der Waals surface area contributed by atoms with E-state index in [1.807, 2.05) is 67.6 Å². The summed E-state index contributed by atoms with van der Waals surface area (Å²) in [5.41, 5.74) is 4.05. The molecule has 174 valence electrons. The SMILES string of the molecule is CCc1c(C=C2Oc3ccc(-c4ccccc4)cc3N2CS(=O)(=O)O)oc2ccc(OC)cc12. The number of furan rings is 1. The lowest BCUT2D eigenvalue weighted by atomic mass is 10.0. The van der Waals surface area contributed by atoms with Crippen molar-refractivity contribution in [2.75, 3.05) is 17.9 Å². The molecule has 1 aliphatic rings. The van der Waals surface area contributed by atoms with Crippen molar-refractivity contribution in [1.29, 1.82) is 0 Å². The van der Waals surface area contributed by atoms with E-state index in [-0.39, 0.29) is 5.88 Å². The monoisotopic (exact) mass is 477 g/mol.